The molecule has 1 aliphatic heterocycles. The lowest BCUT2D eigenvalue weighted by Gasteiger charge is -2.24. The van der Waals surface area contributed by atoms with E-state index in [0.29, 0.717) is 12.5 Å². The molecular weight excluding hydrogens is 252 g/mol. The smallest absolute Gasteiger partial charge is 0.223 e. The number of nitrogen functional groups attached to an aromatic ring is 1. The maximum absolute atomic E-state index is 12.3. The lowest BCUT2D eigenvalue weighted by Crippen LogP contribution is -2.35. The highest BCUT2D eigenvalue weighted by molar-refractivity contribution is 5.77. The minimum Gasteiger partial charge on any atom is -0.399 e. The predicted octanol–water partition coefficient (Wildman–Crippen LogP) is 1.96. The Morgan fingerprint density at radius 2 is 2.10 bits per heavy atom. The summed E-state index contributed by atoms with van der Waals surface area (Å²) in [5, 5.41) is 8.91. The Morgan fingerprint density at radius 3 is 2.80 bits per heavy atom. The van der Waals surface area contributed by atoms with E-state index in [2.05, 4.69) is 0 Å². The Labute approximate surface area is 120 Å². The first-order valence-electron chi connectivity index (χ1n) is 7.45. The SMILES string of the molecule is Nc1ccc(CCC(=O)N2CCCC2CCCO)cc1. The maximum Gasteiger partial charge on any atom is 0.223 e. The first kappa shape index (κ1) is 14.9. The van der Waals surface area contributed by atoms with Gasteiger partial charge in [-0.1, -0.05) is 12.1 Å². The minimum atomic E-state index is 0.212. The molecule has 1 amide bonds. The van der Waals surface area contributed by atoms with Gasteiger partial charge in [0.2, 0.25) is 5.91 Å². The number of rotatable bonds is 6. The third-order valence-corrected chi connectivity index (χ3v) is 4.00. The molecular formula is C16H24N2O2. The number of hydrogen-bond acceptors (Lipinski definition) is 3. The zero-order valence-corrected chi connectivity index (χ0v) is 11.9. The third-order valence-electron chi connectivity index (χ3n) is 4.00. The molecule has 110 valence electrons. The quantitative estimate of drug-likeness (QED) is 0.781. The second-order valence-corrected chi connectivity index (χ2v) is 5.49. The van der Waals surface area contributed by atoms with E-state index in [0.717, 1.165) is 49.9 Å². The number of aliphatic hydroxyl groups excluding tert-OH is 1. The molecule has 1 saturated heterocycles. The number of aryl methyl sites for hydroxylation is 1. The number of nitrogens with two attached hydrogens (primary N) is 1. The van der Waals surface area contributed by atoms with E-state index in [1.54, 1.807) is 0 Å². The molecule has 0 radical (unpaired) electrons. The fourth-order valence-electron chi connectivity index (χ4n) is 2.87. The van der Waals surface area contributed by atoms with Crippen LogP contribution in [-0.4, -0.2) is 35.1 Å². The van der Waals surface area contributed by atoms with Crippen LogP contribution >= 0.6 is 0 Å². The molecule has 1 unspecified atom stereocenters. The molecule has 0 spiro atoms. The fourth-order valence-corrected chi connectivity index (χ4v) is 2.87. The van der Waals surface area contributed by atoms with Gasteiger partial charge in [0.05, 0.1) is 0 Å². The van der Waals surface area contributed by atoms with Crippen LogP contribution in [-0.2, 0) is 11.2 Å². The molecule has 0 aliphatic carbocycles. The van der Waals surface area contributed by atoms with E-state index in [1.165, 1.54) is 0 Å². The van der Waals surface area contributed by atoms with Crippen molar-refractivity contribution in [3.63, 3.8) is 0 Å². The Hall–Kier alpha value is -1.55. The molecule has 4 heteroatoms. The summed E-state index contributed by atoms with van der Waals surface area (Å²) in [5.74, 6) is 0.238. The highest BCUT2D eigenvalue weighted by atomic mass is 16.3. The average Bonchev–Trinajstić information content (AvgIpc) is 2.92. The summed E-state index contributed by atoms with van der Waals surface area (Å²) in [6, 6.07) is 8.05. The van der Waals surface area contributed by atoms with Crippen LogP contribution in [0.15, 0.2) is 24.3 Å². The van der Waals surface area contributed by atoms with Gasteiger partial charge < -0.3 is 15.7 Å². The number of nitrogens with zero attached hydrogens (tertiary/aromatic N) is 1. The third kappa shape index (κ3) is 3.97. The van der Waals surface area contributed by atoms with Crippen LogP contribution in [0.5, 0.6) is 0 Å². The van der Waals surface area contributed by atoms with Crippen LogP contribution in [0.2, 0.25) is 0 Å². The number of likely N-dealkylation sites (tertiary alicyclic amines) is 1. The van der Waals surface area contributed by atoms with Crippen molar-refractivity contribution in [3.8, 4) is 0 Å². The van der Waals surface area contributed by atoms with Crippen LogP contribution in [0.3, 0.4) is 0 Å². The van der Waals surface area contributed by atoms with Gasteiger partial charge in [-0.05, 0) is 49.8 Å². The molecule has 0 bridgehead atoms. The van der Waals surface area contributed by atoms with Crippen molar-refractivity contribution in [1.82, 2.24) is 4.90 Å². The van der Waals surface area contributed by atoms with Crippen LogP contribution < -0.4 is 5.73 Å². The van der Waals surface area contributed by atoms with Gasteiger partial charge in [-0.3, -0.25) is 4.79 Å². The Morgan fingerprint density at radius 1 is 1.35 bits per heavy atom. The van der Waals surface area contributed by atoms with E-state index in [-0.39, 0.29) is 12.5 Å². The van der Waals surface area contributed by atoms with Gasteiger partial charge in [-0.15, -0.1) is 0 Å². The van der Waals surface area contributed by atoms with E-state index in [9.17, 15) is 4.79 Å². The standard InChI is InChI=1S/C16H24N2O2/c17-14-8-5-13(6-9-14)7-10-16(20)18-11-1-3-15(18)4-2-12-19/h5-6,8-9,15,19H,1-4,7,10-12,17H2. The number of aliphatic hydroxyl groups is 1. The predicted molar refractivity (Wildman–Crippen MR) is 80.2 cm³/mol. The summed E-state index contributed by atoms with van der Waals surface area (Å²) in [6.45, 7) is 1.08. The van der Waals surface area contributed by atoms with Gasteiger partial charge in [-0.25, -0.2) is 0 Å². The number of benzene rings is 1. The highest BCUT2D eigenvalue weighted by Gasteiger charge is 2.27. The number of anilines is 1. The Kier molecular flexibility index (Phi) is 5.41. The van der Waals surface area contributed by atoms with Crippen molar-refractivity contribution in [2.24, 2.45) is 0 Å². The summed E-state index contributed by atoms with van der Waals surface area (Å²) in [4.78, 5) is 14.3. The van der Waals surface area contributed by atoms with Crippen molar-refractivity contribution in [3.05, 3.63) is 29.8 Å². The molecule has 4 nitrogen and oxygen atoms in total. The van der Waals surface area contributed by atoms with Crippen molar-refractivity contribution in [2.45, 2.75) is 44.6 Å². The van der Waals surface area contributed by atoms with Crippen LogP contribution in [0.25, 0.3) is 0 Å². The molecule has 3 N–H and O–H groups in total. The van der Waals surface area contributed by atoms with Gasteiger partial charge in [0.25, 0.3) is 0 Å². The maximum atomic E-state index is 12.3. The van der Waals surface area contributed by atoms with Gasteiger partial charge in [-0.2, -0.15) is 0 Å². The average molecular weight is 276 g/mol. The summed E-state index contributed by atoms with van der Waals surface area (Å²) >= 11 is 0. The highest BCUT2D eigenvalue weighted by Crippen LogP contribution is 2.22. The molecule has 0 aromatic heterocycles. The van der Waals surface area contributed by atoms with E-state index < -0.39 is 0 Å². The minimum absolute atomic E-state index is 0.212. The molecule has 1 heterocycles. The van der Waals surface area contributed by atoms with Crippen molar-refractivity contribution < 1.29 is 9.90 Å². The summed E-state index contributed by atoms with van der Waals surface area (Å²) < 4.78 is 0. The first-order chi connectivity index (χ1) is 9.70. The van der Waals surface area contributed by atoms with Gasteiger partial charge in [0.1, 0.15) is 0 Å². The van der Waals surface area contributed by atoms with Crippen LogP contribution in [0.1, 0.15) is 37.7 Å². The van der Waals surface area contributed by atoms with E-state index >= 15 is 0 Å². The summed E-state index contributed by atoms with van der Waals surface area (Å²) in [6.07, 6.45) is 5.19. The van der Waals surface area contributed by atoms with Gasteiger partial charge in [0, 0.05) is 31.3 Å². The molecule has 2 rings (SSSR count). The summed E-state index contributed by atoms with van der Waals surface area (Å²) in [7, 11) is 0. The van der Waals surface area contributed by atoms with Gasteiger partial charge >= 0.3 is 0 Å². The Bertz CT molecular complexity index is 431. The zero-order valence-electron chi connectivity index (χ0n) is 11.9. The van der Waals surface area contributed by atoms with E-state index in [4.69, 9.17) is 10.8 Å². The molecule has 0 saturated carbocycles. The lowest BCUT2D eigenvalue weighted by atomic mass is 10.1. The van der Waals surface area contributed by atoms with Crippen molar-refractivity contribution >= 4 is 11.6 Å². The topological polar surface area (TPSA) is 66.6 Å². The lowest BCUT2D eigenvalue weighted by molar-refractivity contribution is -0.132. The molecule has 1 aromatic rings. The molecule has 1 aliphatic rings. The number of hydrogen-bond donors (Lipinski definition) is 2. The molecule has 1 aromatic carbocycles. The Balaban J connectivity index is 1.83. The normalized spacial score (nSPS) is 18.4. The second kappa shape index (κ2) is 7.29. The fraction of sp³-hybridized carbons (Fsp3) is 0.562. The number of amides is 1. The zero-order chi connectivity index (χ0) is 14.4. The first-order valence-corrected chi connectivity index (χ1v) is 7.45. The molecule has 1 atom stereocenters. The van der Waals surface area contributed by atoms with Crippen LogP contribution in [0.4, 0.5) is 5.69 Å². The number of carbonyl (C=O) groups is 1. The largest absolute Gasteiger partial charge is 0.399 e. The second-order valence-electron chi connectivity index (χ2n) is 5.49. The van der Waals surface area contributed by atoms with Gasteiger partial charge in [0.15, 0.2) is 0 Å². The van der Waals surface area contributed by atoms with Crippen LogP contribution in [0, 0.1) is 0 Å². The van der Waals surface area contributed by atoms with Crippen molar-refractivity contribution in [1.29, 1.82) is 0 Å². The molecule has 20 heavy (non-hydrogen) atoms. The number of carbonyl (C=O) groups excluding carboxylic acids is 1. The molecule has 1 fully saturated rings. The monoisotopic (exact) mass is 276 g/mol. The van der Waals surface area contributed by atoms with Crippen molar-refractivity contribution in [2.75, 3.05) is 18.9 Å². The van der Waals surface area contributed by atoms with E-state index in [1.807, 2.05) is 29.2 Å². The summed E-state index contributed by atoms with van der Waals surface area (Å²) in [5.41, 5.74) is 7.56.